The highest BCUT2D eigenvalue weighted by Crippen LogP contribution is 2.23. The Morgan fingerprint density at radius 3 is 2.48 bits per heavy atom. The lowest BCUT2D eigenvalue weighted by atomic mass is 9.98. The number of carbonyl (C=O) groups is 1. The third-order valence-electron chi connectivity index (χ3n) is 5.91. The topological polar surface area (TPSA) is 65.5 Å². The van der Waals surface area contributed by atoms with Gasteiger partial charge in [0.2, 0.25) is 0 Å². The molecule has 6 heterocycles. The average molecular weight is 433 g/mol. The van der Waals surface area contributed by atoms with Crippen LogP contribution in [-0.4, -0.2) is 46.2 Å². The maximum atomic E-state index is 13.5. The molecule has 0 saturated carbocycles. The van der Waals surface area contributed by atoms with Gasteiger partial charge in [-0.1, -0.05) is 24.3 Å². The van der Waals surface area contributed by atoms with Crippen molar-refractivity contribution < 1.29 is 9.00 Å². The average Bonchev–Trinajstić information content (AvgIpc) is 2.83. The van der Waals surface area contributed by atoms with Gasteiger partial charge in [0.25, 0.3) is 5.91 Å². The van der Waals surface area contributed by atoms with Crippen LogP contribution in [0.3, 0.4) is 0 Å². The Kier molecular flexibility index (Phi) is 5.42. The molecule has 1 fully saturated rings. The van der Waals surface area contributed by atoms with E-state index < -0.39 is 11.0 Å². The van der Waals surface area contributed by atoms with Gasteiger partial charge in [0, 0.05) is 43.6 Å². The third-order valence-corrected chi connectivity index (χ3v) is 7.02. The molecule has 1 N–H and O–H groups in total. The summed E-state index contributed by atoms with van der Waals surface area (Å²) in [4.78, 5) is 22.6. The molecule has 2 aromatic carbocycles. The lowest BCUT2D eigenvalue weighted by molar-refractivity contribution is 0.0745. The molecule has 0 radical (unpaired) electrons. The van der Waals surface area contributed by atoms with E-state index in [0.29, 0.717) is 23.5 Å². The molecule has 1 amide bonds. The third kappa shape index (κ3) is 4.18. The Bertz CT molecular complexity index is 1110. The fourth-order valence-electron chi connectivity index (χ4n) is 4.12. The Morgan fingerprint density at radius 1 is 0.935 bits per heavy atom. The molecule has 158 valence electrons. The fraction of sp³-hybridized carbons (Fsp3) is 0.250. The number of aryl methyl sites for hydroxylation is 2. The summed E-state index contributed by atoms with van der Waals surface area (Å²) in [5.74, 6) is 0.958. The largest absolute Gasteiger partial charge is 0.353 e. The number of anilines is 2. The summed E-state index contributed by atoms with van der Waals surface area (Å²) in [7, 11) is -1.42. The summed E-state index contributed by atoms with van der Waals surface area (Å²) in [6, 6.07) is 19.5. The molecule has 0 spiro atoms. The number of piperazine rings is 1. The molecule has 5 aliphatic rings. The molecule has 3 aromatic rings. The van der Waals surface area contributed by atoms with E-state index in [2.05, 4.69) is 14.6 Å². The van der Waals surface area contributed by atoms with Gasteiger partial charge < -0.3 is 14.5 Å². The van der Waals surface area contributed by atoms with Crippen molar-refractivity contribution >= 4 is 28.4 Å². The van der Waals surface area contributed by atoms with Crippen molar-refractivity contribution in [2.75, 3.05) is 35.8 Å². The molecule has 1 aromatic heterocycles. The van der Waals surface area contributed by atoms with Gasteiger partial charge >= 0.3 is 0 Å². The van der Waals surface area contributed by atoms with Crippen molar-refractivity contribution in [2.24, 2.45) is 0 Å². The maximum absolute atomic E-state index is 13.5. The van der Waals surface area contributed by atoms with E-state index >= 15 is 0 Å². The van der Waals surface area contributed by atoms with Crippen LogP contribution in [0.5, 0.6) is 0 Å². The van der Waals surface area contributed by atoms with Crippen LogP contribution in [-0.2, 0) is 23.8 Å². The van der Waals surface area contributed by atoms with E-state index in [9.17, 15) is 9.00 Å². The molecule has 1 saturated heterocycles. The lowest BCUT2D eigenvalue weighted by Crippen LogP contribution is -2.49. The van der Waals surface area contributed by atoms with Gasteiger partial charge in [-0.15, -0.1) is 0 Å². The zero-order valence-electron chi connectivity index (χ0n) is 17.2. The van der Waals surface area contributed by atoms with Crippen molar-refractivity contribution in [3.8, 4) is 0 Å². The van der Waals surface area contributed by atoms with Gasteiger partial charge in [-0.25, -0.2) is 9.19 Å². The smallest absolute Gasteiger partial charge is 0.254 e. The summed E-state index contributed by atoms with van der Waals surface area (Å²) in [6.45, 7) is 2.77. The van der Waals surface area contributed by atoms with Crippen LogP contribution >= 0.6 is 0 Å². The van der Waals surface area contributed by atoms with Crippen LogP contribution in [0.4, 0.5) is 11.5 Å². The first-order valence-electron chi connectivity index (χ1n) is 10.5. The van der Waals surface area contributed by atoms with Crippen molar-refractivity contribution in [1.82, 2.24) is 9.88 Å². The predicted octanol–water partition coefficient (Wildman–Crippen LogP) is 3.28. The SMILES string of the molecule is O=C(c1cc2ccc1CCc1ccc(cc1)NS2=O)N1CCN(c2ccccn2)CC1. The summed E-state index contributed by atoms with van der Waals surface area (Å²) in [5, 5.41) is 0. The van der Waals surface area contributed by atoms with E-state index in [1.807, 2.05) is 59.5 Å². The van der Waals surface area contributed by atoms with Crippen molar-refractivity contribution in [3.63, 3.8) is 0 Å². The monoisotopic (exact) mass is 432 g/mol. The van der Waals surface area contributed by atoms with Crippen LogP contribution in [0, 0.1) is 0 Å². The zero-order chi connectivity index (χ0) is 21.2. The van der Waals surface area contributed by atoms with E-state index in [0.717, 1.165) is 43.0 Å². The number of pyridine rings is 1. The van der Waals surface area contributed by atoms with Gasteiger partial charge in [0.1, 0.15) is 16.8 Å². The van der Waals surface area contributed by atoms with Crippen molar-refractivity contribution in [3.05, 3.63) is 83.6 Å². The van der Waals surface area contributed by atoms with E-state index in [1.165, 1.54) is 5.56 Å². The number of benzene rings is 2. The molecule has 4 bridgehead atoms. The highest BCUT2D eigenvalue weighted by atomic mass is 32.2. The Morgan fingerprint density at radius 2 is 1.74 bits per heavy atom. The molecule has 5 aliphatic heterocycles. The first kappa shape index (κ1) is 19.8. The van der Waals surface area contributed by atoms with Crippen LogP contribution in [0.15, 0.2) is 71.8 Å². The number of hydrogen-bond acceptors (Lipinski definition) is 4. The van der Waals surface area contributed by atoms with Crippen LogP contribution in [0.1, 0.15) is 21.5 Å². The molecule has 31 heavy (non-hydrogen) atoms. The summed E-state index contributed by atoms with van der Waals surface area (Å²) >= 11 is 0. The summed E-state index contributed by atoms with van der Waals surface area (Å²) in [5.41, 5.74) is 3.67. The molecule has 7 heteroatoms. The first-order chi connectivity index (χ1) is 15.2. The molecular weight excluding hydrogens is 408 g/mol. The van der Waals surface area contributed by atoms with E-state index in [1.54, 1.807) is 12.3 Å². The lowest BCUT2D eigenvalue weighted by Gasteiger charge is -2.35. The highest BCUT2D eigenvalue weighted by molar-refractivity contribution is 7.86. The van der Waals surface area contributed by atoms with Crippen LogP contribution in [0.25, 0.3) is 0 Å². The minimum atomic E-state index is -1.42. The van der Waals surface area contributed by atoms with Gasteiger partial charge in [0.05, 0.1) is 4.90 Å². The van der Waals surface area contributed by atoms with E-state index in [4.69, 9.17) is 0 Å². The minimum absolute atomic E-state index is 0.0143. The number of carbonyl (C=O) groups excluding carboxylic acids is 1. The normalized spacial score (nSPS) is 18.3. The number of hydrogen-bond donors (Lipinski definition) is 1. The molecule has 8 rings (SSSR count). The van der Waals surface area contributed by atoms with Crippen LogP contribution < -0.4 is 9.62 Å². The Hall–Kier alpha value is -3.19. The number of aromatic nitrogens is 1. The molecular formula is C24H24N4O2S. The maximum Gasteiger partial charge on any atom is 0.254 e. The second kappa shape index (κ2) is 8.51. The van der Waals surface area contributed by atoms with E-state index in [-0.39, 0.29) is 5.91 Å². The standard InChI is InChI=1S/C24H24N4O2S/c29-24(28-15-13-27(14-16-28)23-3-1-2-12-25-23)22-17-21-11-8-19(22)7-4-18-5-9-20(10-6-18)26-31(21)30/h1-3,5-6,8-12,17,26H,4,7,13-16H2. The minimum Gasteiger partial charge on any atom is -0.353 e. The second-order valence-electron chi connectivity index (χ2n) is 7.85. The predicted molar refractivity (Wildman–Crippen MR) is 123 cm³/mol. The molecule has 1 unspecified atom stereocenters. The Balaban J connectivity index is 1.38. The van der Waals surface area contributed by atoms with Gasteiger partial charge in [-0.3, -0.25) is 4.79 Å². The molecule has 1 atom stereocenters. The fourth-order valence-corrected chi connectivity index (χ4v) is 5.01. The highest BCUT2D eigenvalue weighted by Gasteiger charge is 2.25. The van der Waals surface area contributed by atoms with Crippen LogP contribution in [0.2, 0.25) is 0 Å². The number of rotatable bonds is 2. The van der Waals surface area contributed by atoms with Crippen molar-refractivity contribution in [2.45, 2.75) is 17.7 Å². The first-order valence-corrected chi connectivity index (χ1v) is 11.7. The second-order valence-corrected chi connectivity index (χ2v) is 9.07. The zero-order valence-corrected chi connectivity index (χ0v) is 18.0. The molecule has 6 nitrogen and oxygen atoms in total. The Labute approximate surface area is 184 Å². The number of amides is 1. The summed E-state index contributed by atoms with van der Waals surface area (Å²) in [6.07, 6.45) is 3.42. The molecule has 0 aliphatic carbocycles. The summed E-state index contributed by atoms with van der Waals surface area (Å²) < 4.78 is 15.9. The van der Waals surface area contributed by atoms with Gasteiger partial charge in [0.15, 0.2) is 0 Å². The quantitative estimate of drug-likeness (QED) is 0.675. The number of nitrogens with one attached hydrogen (secondary N) is 1. The van der Waals surface area contributed by atoms with Gasteiger partial charge in [-0.05, 0) is 60.4 Å². The number of nitrogens with zero attached hydrogens (tertiary/aromatic N) is 3. The van der Waals surface area contributed by atoms with Gasteiger partial charge in [-0.2, -0.15) is 0 Å². The van der Waals surface area contributed by atoms with Crippen molar-refractivity contribution in [1.29, 1.82) is 0 Å².